The van der Waals surface area contributed by atoms with E-state index in [1.807, 2.05) is 12.4 Å². The lowest BCUT2D eigenvalue weighted by Crippen LogP contribution is -2.41. The molecular formula is C41H41ClF3N5O6S. The molecule has 0 amide bonds. The van der Waals surface area contributed by atoms with Gasteiger partial charge in [0.25, 0.3) is 5.92 Å². The van der Waals surface area contributed by atoms with Crippen LogP contribution in [0.1, 0.15) is 54.1 Å². The monoisotopic (exact) mass is 823 g/mol. The van der Waals surface area contributed by atoms with Crippen LogP contribution in [-0.4, -0.2) is 63.9 Å². The number of rotatable bonds is 11. The normalized spacial score (nSPS) is 14.7. The van der Waals surface area contributed by atoms with E-state index >= 15 is 8.78 Å². The van der Waals surface area contributed by atoms with Gasteiger partial charge in [0.2, 0.25) is 10.0 Å². The number of carbonyl (C=O) groups is 1. The van der Waals surface area contributed by atoms with Crippen molar-refractivity contribution in [2.45, 2.75) is 63.4 Å². The van der Waals surface area contributed by atoms with Gasteiger partial charge in [0.1, 0.15) is 22.2 Å². The highest BCUT2D eigenvalue weighted by Crippen LogP contribution is 2.44. The third kappa shape index (κ3) is 7.56. The maximum absolute atomic E-state index is 16.4. The molecule has 0 atom stereocenters. The molecule has 3 heterocycles. The number of halogens is 4. The highest BCUT2D eigenvalue weighted by atomic mass is 35.5. The van der Waals surface area contributed by atoms with Crippen molar-refractivity contribution >= 4 is 55.0 Å². The Labute approximate surface area is 332 Å². The fourth-order valence-electron chi connectivity index (χ4n) is 7.77. The molecule has 1 aliphatic heterocycles. The smallest absolute Gasteiger partial charge is 0.355 e. The van der Waals surface area contributed by atoms with Crippen LogP contribution in [0, 0.1) is 5.82 Å². The number of benzene rings is 4. The zero-order valence-electron chi connectivity index (χ0n) is 31.5. The van der Waals surface area contributed by atoms with Crippen LogP contribution in [0.15, 0.2) is 77.7 Å². The summed E-state index contributed by atoms with van der Waals surface area (Å²) in [4.78, 5) is 13.6. The third-order valence-corrected chi connectivity index (χ3v) is 12.4. The molecule has 6 aromatic rings. The standard InChI is InChI=1S/C41H41ClF3N5O6S/c1-4-33-37-32(46-48(33)3)23-49(57(53,54)35-14-7-6-12-31(35)47-52)24-41(44,45)19-20-50-38-29(17-18-30(42)36(37)38)28(39(50)40(51)55-5-2)11-9-21-56-34-13-8-10-25-22-26(43)15-16-27(25)34/h6-8,10,12-18,22,47,52H,4-5,9,11,19-21,23-24H2,1-3H3. The van der Waals surface area contributed by atoms with Gasteiger partial charge in [-0.2, -0.15) is 9.40 Å². The van der Waals surface area contributed by atoms with E-state index in [1.165, 1.54) is 41.0 Å². The lowest BCUT2D eigenvalue weighted by atomic mass is 9.97. The average Bonchev–Trinajstić information content (AvgIpc) is 3.66. The number of nitrogens with zero attached hydrogens (tertiary/aromatic N) is 4. The highest BCUT2D eigenvalue weighted by molar-refractivity contribution is 7.89. The Bertz CT molecular complexity index is 2610. The number of fused-ring (bicyclic) bond motifs is 3. The quantitative estimate of drug-likeness (QED) is 0.0755. The van der Waals surface area contributed by atoms with Gasteiger partial charge in [-0.3, -0.25) is 15.4 Å². The van der Waals surface area contributed by atoms with Gasteiger partial charge < -0.3 is 14.0 Å². The molecule has 4 aromatic carbocycles. The summed E-state index contributed by atoms with van der Waals surface area (Å²) < 4.78 is 90.6. The van der Waals surface area contributed by atoms with Crippen LogP contribution in [0.2, 0.25) is 5.02 Å². The second-order valence-corrected chi connectivity index (χ2v) is 16.1. The van der Waals surface area contributed by atoms with Crippen molar-refractivity contribution in [2.75, 3.05) is 25.2 Å². The summed E-state index contributed by atoms with van der Waals surface area (Å²) in [5, 5.41) is 16.7. The van der Waals surface area contributed by atoms with Crippen LogP contribution >= 0.6 is 11.6 Å². The van der Waals surface area contributed by atoms with Crippen molar-refractivity contribution in [1.82, 2.24) is 18.7 Å². The summed E-state index contributed by atoms with van der Waals surface area (Å²) in [6.07, 6.45) is 0.269. The third-order valence-electron chi connectivity index (χ3n) is 10.3. The molecule has 7 rings (SSSR count). The average molecular weight is 824 g/mol. The van der Waals surface area contributed by atoms with Crippen LogP contribution in [0.5, 0.6) is 5.75 Å². The Morgan fingerprint density at radius 2 is 1.81 bits per heavy atom. The van der Waals surface area contributed by atoms with E-state index in [9.17, 15) is 22.8 Å². The van der Waals surface area contributed by atoms with Gasteiger partial charge in [-0.15, -0.1) is 0 Å². The number of para-hydroxylation sites is 1. The SMILES string of the molecule is CCOC(=O)c1c(CCCOc2cccc3cc(F)ccc23)c2ccc(Cl)c3c2n1CCC(F)(F)CN(S(=O)(=O)c1ccccc1NO)Cc1nn(C)c(CC)c1-3. The molecule has 2 N–H and O–H groups in total. The van der Waals surface area contributed by atoms with Crippen LogP contribution in [0.25, 0.3) is 32.8 Å². The molecule has 0 fully saturated rings. The Balaban J connectivity index is 1.38. The molecular weight excluding hydrogens is 783 g/mol. The molecule has 2 aromatic heterocycles. The molecule has 0 radical (unpaired) electrons. The summed E-state index contributed by atoms with van der Waals surface area (Å²) in [5.41, 5.74) is 4.47. The van der Waals surface area contributed by atoms with E-state index in [0.717, 1.165) is 5.39 Å². The lowest BCUT2D eigenvalue weighted by Gasteiger charge is -2.27. The summed E-state index contributed by atoms with van der Waals surface area (Å²) in [5.74, 6) is -4.12. The number of nitrogens with one attached hydrogen (secondary N) is 1. The number of anilines is 1. The maximum Gasteiger partial charge on any atom is 0.355 e. The summed E-state index contributed by atoms with van der Waals surface area (Å²) in [6, 6.07) is 18.7. The first kappa shape index (κ1) is 40.1. The molecule has 0 spiro atoms. The van der Waals surface area contributed by atoms with Gasteiger partial charge in [0.05, 0.1) is 48.2 Å². The minimum absolute atomic E-state index is 0.0259. The van der Waals surface area contributed by atoms with Crippen LogP contribution in [0.4, 0.5) is 18.9 Å². The number of aryl methyl sites for hydroxylation is 3. The van der Waals surface area contributed by atoms with E-state index in [2.05, 4.69) is 5.10 Å². The van der Waals surface area contributed by atoms with Crippen molar-refractivity contribution in [2.24, 2.45) is 7.05 Å². The maximum atomic E-state index is 16.4. The Morgan fingerprint density at radius 1 is 1.04 bits per heavy atom. The number of ether oxygens (including phenoxy) is 2. The van der Waals surface area contributed by atoms with Crippen molar-refractivity contribution in [3.05, 3.63) is 106 Å². The van der Waals surface area contributed by atoms with Crippen LogP contribution in [0.3, 0.4) is 0 Å². The number of alkyl halides is 2. The predicted molar refractivity (Wildman–Crippen MR) is 211 cm³/mol. The molecule has 0 unspecified atom stereocenters. The molecule has 0 aliphatic carbocycles. The van der Waals surface area contributed by atoms with E-state index in [-0.39, 0.29) is 41.1 Å². The van der Waals surface area contributed by atoms with Crippen molar-refractivity contribution in [3.8, 4) is 16.9 Å². The van der Waals surface area contributed by atoms with Gasteiger partial charge >= 0.3 is 5.97 Å². The minimum Gasteiger partial charge on any atom is -0.493 e. The molecule has 0 bridgehead atoms. The van der Waals surface area contributed by atoms with Crippen LogP contribution in [-0.2, 0) is 47.7 Å². The number of aromatic nitrogens is 3. The number of hydrogen-bond acceptors (Lipinski definition) is 8. The molecule has 300 valence electrons. The van der Waals surface area contributed by atoms with Crippen LogP contribution < -0.4 is 10.2 Å². The predicted octanol–water partition coefficient (Wildman–Crippen LogP) is 8.77. The highest BCUT2D eigenvalue weighted by Gasteiger charge is 2.41. The van der Waals surface area contributed by atoms with Gasteiger partial charge in [-0.25, -0.2) is 26.4 Å². The fourth-order valence-corrected chi connectivity index (χ4v) is 9.59. The van der Waals surface area contributed by atoms with E-state index < -0.39 is 52.9 Å². The minimum atomic E-state index is -4.67. The van der Waals surface area contributed by atoms with E-state index in [1.54, 1.807) is 55.1 Å². The number of esters is 1. The largest absolute Gasteiger partial charge is 0.493 e. The van der Waals surface area contributed by atoms with Gasteiger partial charge in [0.15, 0.2) is 0 Å². The van der Waals surface area contributed by atoms with Crippen molar-refractivity contribution in [3.63, 3.8) is 0 Å². The van der Waals surface area contributed by atoms with Crippen molar-refractivity contribution in [1.29, 1.82) is 0 Å². The molecule has 0 saturated carbocycles. The summed E-state index contributed by atoms with van der Waals surface area (Å²) in [6.45, 7) is 1.62. The molecule has 1 aliphatic rings. The van der Waals surface area contributed by atoms with Gasteiger partial charge in [-0.05, 0) is 79.6 Å². The number of hydrogen-bond donors (Lipinski definition) is 2. The molecule has 11 nitrogen and oxygen atoms in total. The number of sulfonamides is 1. The first-order valence-corrected chi connectivity index (χ1v) is 20.3. The molecule has 16 heteroatoms. The van der Waals surface area contributed by atoms with Gasteiger partial charge in [0, 0.05) is 47.6 Å². The lowest BCUT2D eigenvalue weighted by molar-refractivity contribution is -0.0276. The van der Waals surface area contributed by atoms with E-state index in [4.69, 9.17) is 21.1 Å². The van der Waals surface area contributed by atoms with E-state index in [0.29, 0.717) is 68.0 Å². The molecule has 0 saturated heterocycles. The number of carbonyl (C=O) groups excluding carboxylic acids is 1. The van der Waals surface area contributed by atoms with Crippen molar-refractivity contribution < 1.29 is 41.1 Å². The fraction of sp³-hybridized carbons (Fsp3) is 0.317. The first-order valence-electron chi connectivity index (χ1n) is 18.5. The summed E-state index contributed by atoms with van der Waals surface area (Å²) >= 11 is 7.08. The van der Waals surface area contributed by atoms with Gasteiger partial charge in [-0.1, -0.05) is 48.9 Å². The topological polar surface area (TPSA) is 128 Å². The Kier molecular flexibility index (Phi) is 11.3. The Hall–Kier alpha value is -5.09. The molecule has 57 heavy (non-hydrogen) atoms. The second-order valence-electron chi connectivity index (χ2n) is 13.8. The second kappa shape index (κ2) is 16.0. The Morgan fingerprint density at radius 3 is 2.56 bits per heavy atom. The first-order chi connectivity index (χ1) is 27.3. The zero-order valence-corrected chi connectivity index (χ0v) is 33.1. The zero-order chi connectivity index (χ0) is 40.6. The summed E-state index contributed by atoms with van der Waals surface area (Å²) in [7, 11) is -2.98.